The number of piperazine rings is 1. The fourth-order valence-corrected chi connectivity index (χ4v) is 2.34. The molecule has 0 radical (unpaired) electrons. The Bertz CT molecular complexity index is 302. The van der Waals surface area contributed by atoms with Gasteiger partial charge in [0.2, 0.25) is 5.91 Å². The molecule has 1 aliphatic rings. The van der Waals surface area contributed by atoms with Crippen molar-refractivity contribution in [3.8, 4) is 0 Å². The highest BCUT2D eigenvalue weighted by molar-refractivity contribution is 5.84. The van der Waals surface area contributed by atoms with Gasteiger partial charge in [-0.3, -0.25) is 14.5 Å². The summed E-state index contributed by atoms with van der Waals surface area (Å²) >= 11 is 0. The second kappa shape index (κ2) is 5.49. The second-order valence-corrected chi connectivity index (χ2v) is 5.29. The highest BCUT2D eigenvalue weighted by atomic mass is 16.4. The minimum atomic E-state index is -0.848. The van der Waals surface area contributed by atoms with Crippen LogP contribution >= 0.6 is 0 Å². The number of carboxylic acid groups (broad SMARTS) is 1. The molecule has 5 heteroatoms. The van der Waals surface area contributed by atoms with Gasteiger partial charge in [-0.15, -0.1) is 0 Å². The van der Waals surface area contributed by atoms with Crippen LogP contribution in [-0.4, -0.2) is 46.6 Å². The van der Waals surface area contributed by atoms with Crippen LogP contribution in [0.2, 0.25) is 0 Å². The first kappa shape index (κ1) is 14.0. The van der Waals surface area contributed by atoms with Crippen LogP contribution in [0.5, 0.6) is 0 Å². The summed E-state index contributed by atoms with van der Waals surface area (Å²) in [5.41, 5.74) is -0.230. The smallest absolute Gasteiger partial charge is 0.303 e. The molecule has 1 amide bonds. The number of carbonyl (C=O) groups excluding carboxylic acids is 1. The Morgan fingerprint density at radius 3 is 2.76 bits per heavy atom. The van der Waals surface area contributed by atoms with Crippen LogP contribution in [0.15, 0.2) is 0 Å². The van der Waals surface area contributed by atoms with E-state index in [0.29, 0.717) is 6.42 Å². The summed E-state index contributed by atoms with van der Waals surface area (Å²) in [5, 5.41) is 11.6. The van der Waals surface area contributed by atoms with Crippen molar-refractivity contribution in [1.29, 1.82) is 0 Å². The molecule has 1 saturated heterocycles. The lowest BCUT2D eigenvalue weighted by Crippen LogP contribution is -2.64. The van der Waals surface area contributed by atoms with Crippen LogP contribution in [0.1, 0.15) is 40.0 Å². The first-order valence-corrected chi connectivity index (χ1v) is 6.13. The molecule has 1 heterocycles. The van der Waals surface area contributed by atoms with Gasteiger partial charge < -0.3 is 10.4 Å². The molecule has 0 aromatic heterocycles. The molecule has 0 spiro atoms. The maximum Gasteiger partial charge on any atom is 0.303 e. The minimum Gasteiger partial charge on any atom is -0.481 e. The molecular weight excluding hydrogens is 220 g/mol. The predicted octanol–water partition coefficient (Wildman–Crippen LogP) is 0.840. The van der Waals surface area contributed by atoms with Crippen molar-refractivity contribution >= 4 is 11.9 Å². The second-order valence-electron chi connectivity index (χ2n) is 5.29. The number of amides is 1. The molecule has 1 fully saturated rings. The molecule has 0 saturated carbocycles. The van der Waals surface area contributed by atoms with Crippen molar-refractivity contribution in [1.82, 2.24) is 10.2 Å². The number of hydrogen-bond acceptors (Lipinski definition) is 3. The largest absolute Gasteiger partial charge is 0.481 e. The van der Waals surface area contributed by atoms with Gasteiger partial charge in [0, 0.05) is 18.5 Å². The van der Waals surface area contributed by atoms with Gasteiger partial charge in [-0.25, -0.2) is 0 Å². The van der Waals surface area contributed by atoms with Crippen LogP contribution in [0.25, 0.3) is 0 Å². The summed E-state index contributed by atoms with van der Waals surface area (Å²) in [4.78, 5) is 24.7. The Morgan fingerprint density at radius 1 is 1.59 bits per heavy atom. The average Bonchev–Trinajstić information content (AvgIpc) is 2.14. The lowest BCUT2D eigenvalue weighted by Gasteiger charge is -2.43. The van der Waals surface area contributed by atoms with Gasteiger partial charge in [-0.2, -0.15) is 0 Å². The van der Waals surface area contributed by atoms with Gasteiger partial charge in [-0.05, 0) is 33.2 Å². The summed E-state index contributed by atoms with van der Waals surface area (Å²) in [6.07, 6.45) is 1.39. The van der Waals surface area contributed by atoms with Crippen molar-refractivity contribution in [2.45, 2.75) is 51.6 Å². The quantitative estimate of drug-likeness (QED) is 0.749. The van der Waals surface area contributed by atoms with E-state index >= 15 is 0 Å². The lowest BCUT2D eigenvalue weighted by molar-refractivity contribution is -0.138. The first-order valence-electron chi connectivity index (χ1n) is 6.13. The number of nitrogens with zero attached hydrogens (tertiary/aromatic N) is 1. The summed E-state index contributed by atoms with van der Waals surface area (Å²) in [6, 6.07) is -0.293. The fraction of sp³-hybridized carbons (Fsp3) is 0.833. The van der Waals surface area contributed by atoms with Gasteiger partial charge in [0.1, 0.15) is 0 Å². The highest BCUT2D eigenvalue weighted by Gasteiger charge is 2.37. The Labute approximate surface area is 102 Å². The lowest BCUT2D eigenvalue weighted by atomic mass is 9.95. The Kier molecular flexibility index (Phi) is 4.51. The summed E-state index contributed by atoms with van der Waals surface area (Å²) in [7, 11) is 0. The number of hydrogen-bond donors (Lipinski definition) is 2. The zero-order valence-corrected chi connectivity index (χ0v) is 10.8. The zero-order valence-electron chi connectivity index (χ0n) is 10.8. The third kappa shape index (κ3) is 4.00. The van der Waals surface area contributed by atoms with E-state index in [-0.39, 0.29) is 23.9 Å². The normalized spacial score (nSPS) is 24.4. The minimum absolute atomic E-state index is 0.0404. The van der Waals surface area contributed by atoms with Gasteiger partial charge in [0.05, 0.1) is 6.04 Å². The highest BCUT2D eigenvalue weighted by Crippen LogP contribution is 2.19. The molecule has 1 rings (SSSR count). The zero-order chi connectivity index (χ0) is 13.1. The van der Waals surface area contributed by atoms with Crippen LogP contribution in [0, 0.1) is 0 Å². The van der Waals surface area contributed by atoms with Gasteiger partial charge in [0.25, 0.3) is 0 Å². The number of nitrogens with one attached hydrogen (secondary N) is 1. The van der Waals surface area contributed by atoms with Crippen LogP contribution < -0.4 is 5.32 Å². The number of rotatable bonds is 5. The SMILES string of the molecule is CCCN1CC(C)(C)NC(=O)C1CCC(=O)O. The van der Waals surface area contributed by atoms with E-state index in [2.05, 4.69) is 17.1 Å². The predicted molar refractivity (Wildman–Crippen MR) is 64.7 cm³/mol. The molecule has 0 aliphatic carbocycles. The van der Waals surface area contributed by atoms with E-state index in [9.17, 15) is 9.59 Å². The van der Waals surface area contributed by atoms with Crippen molar-refractivity contribution in [2.75, 3.05) is 13.1 Å². The monoisotopic (exact) mass is 242 g/mol. The Morgan fingerprint density at radius 2 is 2.24 bits per heavy atom. The van der Waals surface area contributed by atoms with Crippen molar-refractivity contribution < 1.29 is 14.7 Å². The van der Waals surface area contributed by atoms with E-state index in [1.807, 2.05) is 13.8 Å². The number of aliphatic carboxylic acids is 1. The van der Waals surface area contributed by atoms with Crippen LogP contribution in [-0.2, 0) is 9.59 Å². The molecule has 2 N–H and O–H groups in total. The molecule has 1 unspecified atom stereocenters. The topological polar surface area (TPSA) is 69.6 Å². The summed E-state index contributed by atoms with van der Waals surface area (Å²) in [6.45, 7) is 7.65. The molecule has 1 atom stereocenters. The molecular formula is C12H22N2O3. The summed E-state index contributed by atoms with van der Waals surface area (Å²) < 4.78 is 0. The van der Waals surface area contributed by atoms with E-state index < -0.39 is 5.97 Å². The Hall–Kier alpha value is -1.10. The average molecular weight is 242 g/mol. The number of carboxylic acids is 1. The number of carbonyl (C=O) groups is 2. The van der Waals surface area contributed by atoms with Crippen molar-refractivity contribution in [3.63, 3.8) is 0 Å². The third-order valence-corrected chi connectivity index (χ3v) is 2.95. The maximum absolute atomic E-state index is 12.0. The van der Waals surface area contributed by atoms with Gasteiger partial charge in [-0.1, -0.05) is 6.92 Å². The van der Waals surface area contributed by atoms with E-state index in [1.165, 1.54) is 0 Å². The fourth-order valence-electron chi connectivity index (χ4n) is 2.34. The maximum atomic E-state index is 12.0. The molecule has 5 nitrogen and oxygen atoms in total. The first-order chi connectivity index (χ1) is 7.85. The molecule has 0 aromatic carbocycles. The third-order valence-electron chi connectivity index (χ3n) is 2.95. The van der Waals surface area contributed by atoms with E-state index in [0.717, 1.165) is 19.5 Å². The van der Waals surface area contributed by atoms with E-state index in [4.69, 9.17) is 5.11 Å². The van der Waals surface area contributed by atoms with Crippen molar-refractivity contribution in [3.05, 3.63) is 0 Å². The Balaban J connectivity index is 2.70. The molecule has 0 bridgehead atoms. The van der Waals surface area contributed by atoms with Gasteiger partial charge in [0.15, 0.2) is 0 Å². The summed E-state index contributed by atoms with van der Waals surface area (Å²) in [5.74, 6) is -0.893. The molecule has 98 valence electrons. The molecule has 17 heavy (non-hydrogen) atoms. The standard InChI is InChI=1S/C12H22N2O3/c1-4-7-14-8-12(2,3)13-11(17)9(14)5-6-10(15)16/h9H,4-8H2,1-3H3,(H,13,17)(H,15,16). The van der Waals surface area contributed by atoms with E-state index in [1.54, 1.807) is 0 Å². The van der Waals surface area contributed by atoms with Crippen LogP contribution in [0.3, 0.4) is 0 Å². The van der Waals surface area contributed by atoms with Crippen molar-refractivity contribution in [2.24, 2.45) is 0 Å². The molecule has 0 aromatic rings. The van der Waals surface area contributed by atoms with Gasteiger partial charge >= 0.3 is 5.97 Å². The molecule has 1 aliphatic heterocycles. The van der Waals surface area contributed by atoms with Crippen LogP contribution in [0.4, 0.5) is 0 Å².